The Bertz CT molecular complexity index is 178. The molecule has 0 aromatic rings. The van der Waals surface area contributed by atoms with E-state index in [1.807, 2.05) is 0 Å². The number of hydrogen-bond acceptors (Lipinski definition) is 0. The fraction of sp³-hybridized carbons (Fsp3) is 0.833. The molecule has 0 aromatic carbocycles. The Morgan fingerprint density at radius 2 is 2.08 bits per heavy atom. The zero-order valence-corrected chi connectivity index (χ0v) is 8.98. The molecule has 0 bridgehead atoms. The van der Waals surface area contributed by atoms with Crippen molar-refractivity contribution in [3.05, 3.63) is 12.2 Å². The lowest BCUT2D eigenvalue weighted by atomic mass is 9.64. The first-order valence-electron chi connectivity index (χ1n) is 5.13. The van der Waals surface area contributed by atoms with Crippen LogP contribution in [0, 0.1) is 17.3 Å². The summed E-state index contributed by atoms with van der Waals surface area (Å²) >= 11 is 0. The van der Waals surface area contributed by atoms with Gasteiger partial charge in [-0.05, 0) is 36.5 Å². The summed E-state index contributed by atoms with van der Waals surface area (Å²) in [6.45, 7) is 13.6. The average molecular weight is 166 g/mol. The van der Waals surface area contributed by atoms with E-state index < -0.39 is 0 Å². The molecule has 1 aliphatic rings. The topological polar surface area (TPSA) is 0 Å². The molecule has 0 spiro atoms. The first kappa shape index (κ1) is 9.83. The van der Waals surface area contributed by atoms with Gasteiger partial charge in [-0.2, -0.15) is 0 Å². The van der Waals surface area contributed by atoms with Crippen molar-refractivity contribution in [3.63, 3.8) is 0 Å². The Labute approximate surface area is 77.1 Å². The molecule has 12 heavy (non-hydrogen) atoms. The summed E-state index contributed by atoms with van der Waals surface area (Å²) < 4.78 is 0. The molecule has 0 nitrogen and oxygen atoms in total. The summed E-state index contributed by atoms with van der Waals surface area (Å²) in [6, 6.07) is 0. The highest BCUT2D eigenvalue weighted by Gasteiger charge is 2.34. The molecule has 0 heterocycles. The molecule has 0 radical (unpaired) electrons. The van der Waals surface area contributed by atoms with Crippen molar-refractivity contribution in [1.82, 2.24) is 0 Å². The minimum Gasteiger partial charge on any atom is -0.0996 e. The molecule has 2 atom stereocenters. The third-order valence-electron chi connectivity index (χ3n) is 3.88. The van der Waals surface area contributed by atoms with Gasteiger partial charge in [0.15, 0.2) is 0 Å². The molecule has 1 saturated carbocycles. The smallest absolute Gasteiger partial charge is 0.0229 e. The molecule has 70 valence electrons. The van der Waals surface area contributed by atoms with E-state index in [4.69, 9.17) is 0 Å². The van der Waals surface area contributed by atoms with Crippen molar-refractivity contribution < 1.29 is 0 Å². The van der Waals surface area contributed by atoms with E-state index in [0.717, 1.165) is 11.8 Å². The van der Waals surface area contributed by atoms with Gasteiger partial charge in [0.05, 0.1) is 0 Å². The van der Waals surface area contributed by atoms with E-state index in [-0.39, 0.29) is 0 Å². The number of allylic oxidation sites excluding steroid dienone is 1. The highest BCUT2D eigenvalue weighted by Crippen LogP contribution is 2.45. The Kier molecular flexibility index (Phi) is 2.65. The van der Waals surface area contributed by atoms with Gasteiger partial charge in [-0.25, -0.2) is 0 Å². The maximum atomic E-state index is 4.12. The number of hydrogen-bond donors (Lipinski definition) is 0. The molecule has 1 fully saturated rings. The lowest BCUT2D eigenvalue weighted by molar-refractivity contribution is 0.137. The molecule has 1 rings (SSSR count). The van der Waals surface area contributed by atoms with Crippen LogP contribution >= 0.6 is 0 Å². The lowest BCUT2D eigenvalue weighted by Gasteiger charge is -2.41. The third kappa shape index (κ3) is 1.73. The van der Waals surface area contributed by atoms with Gasteiger partial charge in [-0.15, -0.1) is 0 Å². The third-order valence-corrected chi connectivity index (χ3v) is 3.88. The predicted molar refractivity (Wildman–Crippen MR) is 55.1 cm³/mol. The van der Waals surface area contributed by atoms with Crippen LogP contribution in [0.25, 0.3) is 0 Å². The summed E-state index contributed by atoms with van der Waals surface area (Å²) in [5.41, 5.74) is 2.04. The summed E-state index contributed by atoms with van der Waals surface area (Å²) in [4.78, 5) is 0. The van der Waals surface area contributed by atoms with Crippen LogP contribution in [0.4, 0.5) is 0 Å². The van der Waals surface area contributed by atoms with E-state index in [1.54, 1.807) is 0 Å². The SMILES string of the molecule is C=C1CCC(C)(C(C)C)CC1C. The maximum absolute atomic E-state index is 4.12. The van der Waals surface area contributed by atoms with E-state index in [9.17, 15) is 0 Å². The molecule has 2 unspecified atom stereocenters. The van der Waals surface area contributed by atoms with Gasteiger partial charge in [-0.3, -0.25) is 0 Å². The number of rotatable bonds is 1. The maximum Gasteiger partial charge on any atom is -0.0229 e. The van der Waals surface area contributed by atoms with Crippen LogP contribution in [0.15, 0.2) is 12.2 Å². The van der Waals surface area contributed by atoms with Crippen molar-refractivity contribution in [1.29, 1.82) is 0 Å². The van der Waals surface area contributed by atoms with Gasteiger partial charge in [0.25, 0.3) is 0 Å². The highest BCUT2D eigenvalue weighted by molar-refractivity contribution is 5.06. The normalized spacial score (nSPS) is 37.4. The minimum absolute atomic E-state index is 0.570. The van der Waals surface area contributed by atoms with E-state index >= 15 is 0 Å². The monoisotopic (exact) mass is 166 g/mol. The summed E-state index contributed by atoms with van der Waals surface area (Å²) in [5.74, 6) is 1.55. The molecule has 0 saturated heterocycles. The predicted octanol–water partition coefficient (Wildman–Crippen LogP) is 4.02. The standard InChI is InChI=1S/C12H22/c1-9(2)12(5)7-6-10(3)11(4)8-12/h9,11H,3,6-8H2,1-2,4-5H3. The summed E-state index contributed by atoms with van der Waals surface area (Å²) in [7, 11) is 0. The molecule has 0 aromatic heterocycles. The molecular weight excluding hydrogens is 144 g/mol. The van der Waals surface area contributed by atoms with Crippen LogP contribution in [0.1, 0.15) is 47.0 Å². The van der Waals surface area contributed by atoms with E-state index in [1.165, 1.54) is 24.8 Å². The molecular formula is C12H22. The second-order valence-electron chi connectivity index (χ2n) is 5.07. The Balaban J connectivity index is 2.66. The van der Waals surface area contributed by atoms with Gasteiger partial charge in [0, 0.05) is 0 Å². The Hall–Kier alpha value is -0.260. The molecule has 1 aliphatic carbocycles. The first-order chi connectivity index (χ1) is 5.46. The van der Waals surface area contributed by atoms with Crippen LogP contribution in [-0.4, -0.2) is 0 Å². The zero-order valence-electron chi connectivity index (χ0n) is 8.98. The minimum atomic E-state index is 0.570. The van der Waals surface area contributed by atoms with Crippen molar-refractivity contribution >= 4 is 0 Å². The highest BCUT2D eigenvalue weighted by atomic mass is 14.4. The van der Waals surface area contributed by atoms with Gasteiger partial charge < -0.3 is 0 Å². The second kappa shape index (κ2) is 3.24. The zero-order chi connectivity index (χ0) is 9.35. The van der Waals surface area contributed by atoms with Gasteiger partial charge in [0.2, 0.25) is 0 Å². The van der Waals surface area contributed by atoms with Gasteiger partial charge in [-0.1, -0.05) is 39.8 Å². The quantitative estimate of drug-likeness (QED) is 0.516. The van der Waals surface area contributed by atoms with E-state index in [2.05, 4.69) is 34.3 Å². The molecule has 0 amide bonds. The lowest BCUT2D eigenvalue weighted by Crippen LogP contribution is -2.30. The second-order valence-corrected chi connectivity index (χ2v) is 5.07. The van der Waals surface area contributed by atoms with Gasteiger partial charge in [0.1, 0.15) is 0 Å². The Morgan fingerprint density at radius 3 is 2.50 bits per heavy atom. The molecule has 0 N–H and O–H groups in total. The Morgan fingerprint density at radius 1 is 1.50 bits per heavy atom. The summed E-state index contributed by atoms with van der Waals surface area (Å²) in [6.07, 6.45) is 3.92. The molecule has 0 heteroatoms. The van der Waals surface area contributed by atoms with E-state index in [0.29, 0.717) is 5.41 Å². The van der Waals surface area contributed by atoms with Crippen LogP contribution in [-0.2, 0) is 0 Å². The fourth-order valence-electron chi connectivity index (χ4n) is 2.16. The summed E-state index contributed by atoms with van der Waals surface area (Å²) in [5, 5.41) is 0. The van der Waals surface area contributed by atoms with Crippen LogP contribution < -0.4 is 0 Å². The van der Waals surface area contributed by atoms with Crippen molar-refractivity contribution in [2.45, 2.75) is 47.0 Å². The van der Waals surface area contributed by atoms with Crippen molar-refractivity contribution in [2.75, 3.05) is 0 Å². The van der Waals surface area contributed by atoms with Crippen molar-refractivity contribution in [2.24, 2.45) is 17.3 Å². The molecule has 0 aliphatic heterocycles. The largest absolute Gasteiger partial charge is 0.0996 e. The van der Waals surface area contributed by atoms with Crippen LogP contribution in [0.3, 0.4) is 0 Å². The van der Waals surface area contributed by atoms with Gasteiger partial charge >= 0.3 is 0 Å². The van der Waals surface area contributed by atoms with Crippen LogP contribution in [0.2, 0.25) is 0 Å². The first-order valence-corrected chi connectivity index (χ1v) is 5.13. The fourth-order valence-corrected chi connectivity index (χ4v) is 2.16. The van der Waals surface area contributed by atoms with Crippen molar-refractivity contribution in [3.8, 4) is 0 Å². The van der Waals surface area contributed by atoms with Crippen LogP contribution in [0.5, 0.6) is 0 Å². The average Bonchev–Trinajstić information content (AvgIpc) is 1.97.